The molecule has 0 aromatic rings. The van der Waals surface area contributed by atoms with Crippen LogP contribution >= 0.6 is 0 Å². The van der Waals surface area contributed by atoms with Gasteiger partial charge in [0.25, 0.3) is 0 Å². The Labute approximate surface area is 160 Å². The van der Waals surface area contributed by atoms with E-state index in [0.717, 1.165) is 11.1 Å². The lowest BCUT2D eigenvalue weighted by molar-refractivity contribution is -0.154. The number of aliphatic hydroxyl groups is 2. The van der Waals surface area contributed by atoms with Crippen molar-refractivity contribution >= 4 is 11.8 Å². The fourth-order valence-corrected chi connectivity index (χ4v) is 4.87. The summed E-state index contributed by atoms with van der Waals surface area (Å²) in [4.78, 5) is 24.3. The fraction of sp³-hybridized carbons (Fsp3) is 0.545. The minimum absolute atomic E-state index is 0.184. The highest BCUT2D eigenvalue weighted by atomic mass is 16.5. The number of carbonyl (C=O) groups is 2. The number of ketones is 1. The van der Waals surface area contributed by atoms with E-state index in [9.17, 15) is 19.8 Å². The van der Waals surface area contributed by atoms with Gasteiger partial charge >= 0.3 is 5.97 Å². The summed E-state index contributed by atoms with van der Waals surface area (Å²) in [5.74, 6) is -1.13. The molecule has 0 radical (unpaired) electrons. The predicted octanol–water partition coefficient (Wildman–Crippen LogP) is 3.70. The zero-order valence-electron chi connectivity index (χ0n) is 16.8. The Balaban J connectivity index is 2.16. The lowest BCUT2D eigenvalue weighted by Crippen LogP contribution is -2.48. The molecular weight excluding hydrogens is 344 g/mol. The number of fused-ring (bicyclic) bond motifs is 3. The number of ether oxygens (including phenoxy) is 1. The van der Waals surface area contributed by atoms with Gasteiger partial charge in [-0.2, -0.15) is 0 Å². The third kappa shape index (κ3) is 2.89. The third-order valence-electron chi connectivity index (χ3n) is 6.23. The highest BCUT2D eigenvalue weighted by Crippen LogP contribution is 2.59. The van der Waals surface area contributed by atoms with Crippen molar-refractivity contribution < 1.29 is 24.5 Å². The molecule has 0 bridgehead atoms. The van der Waals surface area contributed by atoms with E-state index in [-0.39, 0.29) is 23.4 Å². The molecule has 0 spiro atoms. The molecule has 5 nitrogen and oxygen atoms in total. The average Bonchev–Trinajstić information content (AvgIpc) is 2.51. The summed E-state index contributed by atoms with van der Waals surface area (Å²) < 4.78 is 5.56. The Bertz CT molecular complexity index is 844. The van der Waals surface area contributed by atoms with Crippen LogP contribution < -0.4 is 0 Å². The van der Waals surface area contributed by atoms with E-state index in [0.29, 0.717) is 18.4 Å². The molecule has 1 saturated carbocycles. The van der Waals surface area contributed by atoms with E-state index in [1.54, 1.807) is 6.08 Å². The number of esters is 1. The van der Waals surface area contributed by atoms with Crippen molar-refractivity contribution in [3.8, 4) is 0 Å². The van der Waals surface area contributed by atoms with Crippen LogP contribution in [0.2, 0.25) is 0 Å². The normalized spacial score (nSPS) is 30.0. The van der Waals surface area contributed by atoms with Crippen LogP contribution in [0.1, 0.15) is 54.4 Å². The average molecular weight is 372 g/mol. The van der Waals surface area contributed by atoms with Gasteiger partial charge in [-0.25, -0.2) is 0 Å². The van der Waals surface area contributed by atoms with Gasteiger partial charge in [-0.15, -0.1) is 0 Å². The van der Waals surface area contributed by atoms with Gasteiger partial charge in [-0.05, 0) is 38.3 Å². The SMILES string of the molecule is CC(=O)OC1CCC2(C)C(=CC=C3C=C(C(C)(C)O)C(=O)C(O)=C32)C1(C)C. The van der Waals surface area contributed by atoms with E-state index in [2.05, 4.69) is 0 Å². The van der Waals surface area contributed by atoms with Crippen LogP contribution in [0.3, 0.4) is 0 Å². The molecule has 27 heavy (non-hydrogen) atoms. The Morgan fingerprint density at radius 3 is 2.44 bits per heavy atom. The molecule has 0 aromatic carbocycles. The molecule has 1 fully saturated rings. The highest BCUT2D eigenvalue weighted by Gasteiger charge is 2.53. The minimum Gasteiger partial charge on any atom is -0.504 e. The van der Waals surface area contributed by atoms with Crippen molar-refractivity contribution in [2.45, 2.75) is 66.1 Å². The van der Waals surface area contributed by atoms with Crippen molar-refractivity contribution in [2.75, 3.05) is 0 Å². The maximum Gasteiger partial charge on any atom is 0.302 e. The first-order chi connectivity index (χ1) is 12.3. The predicted molar refractivity (Wildman–Crippen MR) is 102 cm³/mol. The number of hydrogen-bond donors (Lipinski definition) is 2. The van der Waals surface area contributed by atoms with Gasteiger partial charge < -0.3 is 14.9 Å². The molecule has 0 heterocycles. The molecule has 0 aromatic heterocycles. The number of allylic oxidation sites excluding steroid dienone is 6. The van der Waals surface area contributed by atoms with Crippen LogP contribution in [0.15, 0.2) is 46.3 Å². The van der Waals surface area contributed by atoms with Crippen LogP contribution in [0.25, 0.3) is 0 Å². The molecule has 2 atom stereocenters. The Kier molecular flexibility index (Phi) is 4.31. The zero-order valence-corrected chi connectivity index (χ0v) is 16.8. The third-order valence-corrected chi connectivity index (χ3v) is 6.23. The number of aliphatic hydroxyl groups excluding tert-OH is 1. The van der Waals surface area contributed by atoms with Gasteiger partial charge in [0.1, 0.15) is 6.10 Å². The number of carbonyl (C=O) groups excluding carboxylic acids is 2. The van der Waals surface area contributed by atoms with Crippen molar-refractivity contribution in [3.05, 3.63) is 46.3 Å². The van der Waals surface area contributed by atoms with Gasteiger partial charge in [-0.1, -0.05) is 38.5 Å². The van der Waals surface area contributed by atoms with Gasteiger partial charge in [0, 0.05) is 28.9 Å². The van der Waals surface area contributed by atoms with Gasteiger partial charge in [-0.3, -0.25) is 9.59 Å². The minimum atomic E-state index is -1.34. The Morgan fingerprint density at radius 2 is 1.89 bits per heavy atom. The summed E-state index contributed by atoms with van der Waals surface area (Å²) >= 11 is 0. The molecule has 2 N–H and O–H groups in total. The van der Waals surface area contributed by atoms with E-state index in [1.165, 1.54) is 20.8 Å². The van der Waals surface area contributed by atoms with Crippen LogP contribution in [0, 0.1) is 10.8 Å². The maximum absolute atomic E-state index is 12.8. The van der Waals surface area contributed by atoms with Crippen molar-refractivity contribution in [1.29, 1.82) is 0 Å². The Morgan fingerprint density at radius 1 is 1.26 bits per heavy atom. The molecule has 3 aliphatic carbocycles. The molecule has 3 aliphatic rings. The summed E-state index contributed by atoms with van der Waals surface area (Å²) in [6.45, 7) is 10.6. The van der Waals surface area contributed by atoms with Crippen LogP contribution in [0.4, 0.5) is 0 Å². The highest BCUT2D eigenvalue weighted by molar-refractivity contribution is 6.11. The standard InChI is InChI=1S/C22H28O5/c1-12(23)27-16-9-10-22(6)15(20(16,2)3)8-7-13-11-14(21(4,5)26)18(24)19(25)17(13)22/h7-8,11,16,25-26H,9-10H2,1-6H3. The first-order valence-electron chi connectivity index (χ1n) is 9.33. The van der Waals surface area contributed by atoms with Gasteiger partial charge in [0.2, 0.25) is 5.78 Å². The first-order valence-corrected chi connectivity index (χ1v) is 9.33. The smallest absolute Gasteiger partial charge is 0.302 e. The van der Waals surface area contributed by atoms with E-state index in [1.807, 2.05) is 32.9 Å². The first kappa shape index (κ1) is 19.6. The van der Waals surface area contributed by atoms with E-state index < -0.39 is 22.2 Å². The van der Waals surface area contributed by atoms with E-state index in [4.69, 9.17) is 4.74 Å². The lowest BCUT2D eigenvalue weighted by atomic mass is 9.53. The molecule has 0 amide bonds. The van der Waals surface area contributed by atoms with Gasteiger partial charge in [0.05, 0.1) is 5.60 Å². The van der Waals surface area contributed by atoms with E-state index >= 15 is 0 Å². The molecule has 3 rings (SSSR count). The molecule has 146 valence electrons. The topological polar surface area (TPSA) is 83.8 Å². The van der Waals surface area contributed by atoms with Crippen LogP contribution in [-0.2, 0) is 14.3 Å². The fourth-order valence-electron chi connectivity index (χ4n) is 4.87. The molecular formula is C22H28O5. The summed E-state index contributed by atoms with van der Waals surface area (Å²) in [7, 11) is 0. The molecule has 0 aliphatic heterocycles. The summed E-state index contributed by atoms with van der Waals surface area (Å²) in [6.07, 6.45) is 6.60. The second-order valence-corrected chi connectivity index (χ2v) is 9.06. The zero-order chi connectivity index (χ0) is 20.4. The van der Waals surface area contributed by atoms with Crippen LogP contribution in [0.5, 0.6) is 0 Å². The van der Waals surface area contributed by atoms with Crippen molar-refractivity contribution in [3.63, 3.8) is 0 Å². The summed E-state index contributed by atoms with van der Waals surface area (Å²) in [6, 6.07) is 0. The number of rotatable bonds is 2. The largest absolute Gasteiger partial charge is 0.504 e. The van der Waals surface area contributed by atoms with Crippen molar-refractivity contribution in [2.24, 2.45) is 10.8 Å². The monoisotopic (exact) mass is 372 g/mol. The summed E-state index contributed by atoms with van der Waals surface area (Å²) in [5.41, 5.74) is 0.260. The van der Waals surface area contributed by atoms with Crippen molar-refractivity contribution in [1.82, 2.24) is 0 Å². The second kappa shape index (κ2) is 5.93. The van der Waals surface area contributed by atoms with Gasteiger partial charge in [0.15, 0.2) is 5.76 Å². The molecule has 5 heteroatoms. The molecule has 0 saturated heterocycles. The quantitative estimate of drug-likeness (QED) is 0.722. The number of hydrogen-bond acceptors (Lipinski definition) is 5. The molecule has 2 unspecified atom stereocenters. The summed E-state index contributed by atoms with van der Waals surface area (Å²) in [5, 5.41) is 21.1. The lowest BCUT2D eigenvalue weighted by Gasteiger charge is -2.52. The maximum atomic E-state index is 12.8. The number of Topliss-reactive ketones (excluding diaryl/α,β-unsaturated/α-hetero) is 1. The Hall–Kier alpha value is -2.14. The second-order valence-electron chi connectivity index (χ2n) is 9.06. The van der Waals surface area contributed by atoms with Crippen LogP contribution in [-0.4, -0.2) is 33.7 Å².